The summed E-state index contributed by atoms with van der Waals surface area (Å²) in [6, 6.07) is 5.05. The highest BCUT2D eigenvalue weighted by atomic mass is 16.3. The largest absolute Gasteiger partial charge is 0.505 e. The molecule has 0 saturated heterocycles. The van der Waals surface area contributed by atoms with Gasteiger partial charge in [0.25, 0.3) is 5.91 Å². The summed E-state index contributed by atoms with van der Waals surface area (Å²) in [5, 5.41) is 20.0. The third-order valence-electron chi connectivity index (χ3n) is 3.40. The Kier molecular flexibility index (Phi) is 4.49. The van der Waals surface area contributed by atoms with Crippen molar-refractivity contribution in [3.63, 3.8) is 0 Å². The number of carbonyl (C=O) groups is 2. The van der Waals surface area contributed by atoms with Crippen molar-refractivity contribution in [3.8, 4) is 5.75 Å². The highest BCUT2D eigenvalue weighted by molar-refractivity contribution is 6.03. The number of phenolic OH excluding ortho intramolecular Hbond substituents is 1. The lowest BCUT2D eigenvalue weighted by molar-refractivity contribution is -0.127. The molecule has 2 N–H and O–H groups in total. The minimum absolute atomic E-state index is 0.00862. The fourth-order valence-electron chi connectivity index (χ4n) is 1.81. The number of carbonyl (C=O) groups excluding carboxylic acids is 2. The van der Waals surface area contributed by atoms with Crippen LogP contribution in [0.1, 0.15) is 36.8 Å². The Morgan fingerprint density at radius 1 is 1.30 bits per heavy atom. The van der Waals surface area contributed by atoms with Crippen LogP contribution in [-0.2, 0) is 11.3 Å². The second-order valence-corrected chi connectivity index (χ2v) is 6.40. The molecule has 1 heterocycles. The zero-order chi connectivity index (χ0) is 17.2. The van der Waals surface area contributed by atoms with Crippen LogP contribution < -0.4 is 5.32 Å². The molecule has 1 aromatic carbocycles. The number of aromatic hydroxyl groups is 1. The van der Waals surface area contributed by atoms with Crippen molar-refractivity contribution >= 4 is 17.4 Å². The topological polar surface area (TPSA) is 97.1 Å². The Balaban J connectivity index is 2.10. The van der Waals surface area contributed by atoms with E-state index in [0.29, 0.717) is 11.3 Å². The number of Topliss-reactive ketones (excluding diaryl/α,β-unsaturated/α-hetero) is 1. The SMILES string of the molecule is Cc1cccc(NC(=O)c2cn(CC(=O)C(C)(C)C)nn2)c1O. The van der Waals surface area contributed by atoms with Crippen LogP contribution in [0.3, 0.4) is 0 Å². The van der Waals surface area contributed by atoms with E-state index in [1.165, 1.54) is 10.9 Å². The van der Waals surface area contributed by atoms with Crippen LogP contribution in [0.4, 0.5) is 5.69 Å². The predicted molar refractivity (Wildman–Crippen MR) is 85.3 cm³/mol. The molecule has 0 aliphatic rings. The average Bonchev–Trinajstić information content (AvgIpc) is 2.91. The second kappa shape index (κ2) is 6.20. The molecule has 0 fully saturated rings. The fourth-order valence-corrected chi connectivity index (χ4v) is 1.81. The van der Waals surface area contributed by atoms with Crippen molar-refractivity contribution in [3.05, 3.63) is 35.7 Å². The van der Waals surface area contributed by atoms with Gasteiger partial charge < -0.3 is 10.4 Å². The number of nitrogens with one attached hydrogen (secondary N) is 1. The normalized spacial score (nSPS) is 11.3. The predicted octanol–water partition coefficient (Wildman–Crippen LogP) is 2.16. The van der Waals surface area contributed by atoms with E-state index in [-0.39, 0.29) is 23.8 Å². The van der Waals surface area contributed by atoms with Crippen molar-refractivity contribution in [1.82, 2.24) is 15.0 Å². The smallest absolute Gasteiger partial charge is 0.277 e. The summed E-state index contributed by atoms with van der Waals surface area (Å²) in [6.07, 6.45) is 1.41. The molecule has 0 unspecified atom stereocenters. The standard InChI is InChI=1S/C16H20N4O3/c1-10-6-5-7-11(14(10)22)17-15(23)12-8-20(19-18-12)9-13(21)16(2,3)4/h5-8,22H,9H2,1-4H3,(H,17,23). The number of aryl methyl sites for hydroxylation is 1. The quantitative estimate of drug-likeness (QED) is 0.842. The third-order valence-corrected chi connectivity index (χ3v) is 3.40. The van der Waals surface area contributed by atoms with Crippen LogP contribution in [0.2, 0.25) is 0 Å². The molecule has 7 nitrogen and oxygen atoms in total. The lowest BCUT2D eigenvalue weighted by Crippen LogP contribution is -2.25. The molecule has 0 atom stereocenters. The summed E-state index contributed by atoms with van der Waals surface area (Å²) < 4.78 is 1.33. The molecular weight excluding hydrogens is 296 g/mol. The van der Waals surface area contributed by atoms with Crippen LogP contribution in [0.15, 0.2) is 24.4 Å². The lowest BCUT2D eigenvalue weighted by atomic mass is 9.91. The number of nitrogens with zero attached hydrogens (tertiary/aromatic N) is 3. The second-order valence-electron chi connectivity index (χ2n) is 6.40. The van der Waals surface area contributed by atoms with E-state index in [1.807, 2.05) is 20.8 Å². The van der Waals surface area contributed by atoms with Gasteiger partial charge in [0.05, 0.1) is 11.9 Å². The van der Waals surface area contributed by atoms with E-state index in [2.05, 4.69) is 15.6 Å². The first kappa shape index (κ1) is 16.7. The minimum atomic E-state index is -0.500. The third kappa shape index (κ3) is 3.94. The summed E-state index contributed by atoms with van der Waals surface area (Å²) in [4.78, 5) is 24.1. The van der Waals surface area contributed by atoms with Gasteiger partial charge in [0.2, 0.25) is 0 Å². The number of hydrogen-bond acceptors (Lipinski definition) is 5. The van der Waals surface area contributed by atoms with Crippen LogP contribution in [-0.4, -0.2) is 31.8 Å². The summed E-state index contributed by atoms with van der Waals surface area (Å²) in [5.41, 5.74) is 0.548. The molecule has 122 valence electrons. The molecule has 0 bridgehead atoms. The van der Waals surface area contributed by atoms with E-state index < -0.39 is 11.3 Å². The molecule has 0 spiro atoms. The number of anilines is 1. The van der Waals surface area contributed by atoms with Gasteiger partial charge in [-0.15, -0.1) is 5.10 Å². The summed E-state index contributed by atoms with van der Waals surface area (Å²) in [5.74, 6) is -0.498. The summed E-state index contributed by atoms with van der Waals surface area (Å²) >= 11 is 0. The Morgan fingerprint density at radius 3 is 2.65 bits per heavy atom. The fraction of sp³-hybridized carbons (Fsp3) is 0.375. The molecule has 1 aromatic heterocycles. The van der Waals surface area contributed by atoms with E-state index in [9.17, 15) is 14.7 Å². The van der Waals surface area contributed by atoms with Crippen LogP contribution in [0, 0.1) is 12.3 Å². The molecular formula is C16H20N4O3. The molecule has 1 amide bonds. The summed E-state index contributed by atoms with van der Waals surface area (Å²) in [6.45, 7) is 7.25. The molecule has 2 aromatic rings. The number of aromatic nitrogens is 3. The highest BCUT2D eigenvalue weighted by Gasteiger charge is 2.22. The van der Waals surface area contributed by atoms with Crippen molar-refractivity contribution in [2.45, 2.75) is 34.2 Å². The maximum Gasteiger partial charge on any atom is 0.277 e. The van der Waals surface area contributed by atoms with Gasteiger partial charge in [-0.3, -0.25) is 9.59 Å². The van der Waals surface area contributed by atoms with Crippen molar-refractivity contribution in [2.24, 2.45) is 5.41 Å². The number of para-hydroxylation sites is 1. The van der Waals surface area contributed by atoms with Crippen LogP contribution in [0.5, 0.6) is 5.75 Å². The number of amides is 1. The maximum absolute atomic E-state index is 12.2. The van der Waals surface area contributed by atoms with Gasteiger partial charge in [0, 0.05) is 5.41 Å². The van der Waals surface area contributed by atoms with Gasteiger partial charge in [0.15, 0.2) is 11.5 Å². The van der Waals surface area contributed by atoms with Gasteiger partial charge >= 0.3 is 0 Å². The summed E-state index contributed by atoms with van der Waals surface area (Å²) in [7, 11) is 0. The van der Waals surface area contributed by atoms with E-state index in [4.69, 9.17) is 0 Å². The number of phenols is 1. The first-order valence-electron chi connectivity index (χ1n) is 7.22. The first-order chi connectivity index (χ1) is 10.7. The average molecular weight is 316 g/mol. The Morgan fingerprint density at radius 2 is 2.00 bits per heavy atom. The molecule has 23 heavy (non-hydrogen) atoms. The van der Waals surface area contributed by atoms with Gasteiger partial charge in [0.1, 0.15) is 12.3 Å². The number of ketones is 1. The Labute approximate surface area is 134 Å². The van der Waals surface area contributed by atoms with E-state index >= 15 is 0 Å². The van der Waals surface area contributed by atoms with E-state index in [1.54, 1.807) is 25.1 Å². The molecule has 2 rings (SSSR count). The monoisotopic (exact) mass is 316 g/mol. The van der Waals surface area contributed by atoms with Crippen molar-refractivity contribution in [2.75, 3.05) is 5.32 Å². The highest BCUT2D eigenvalue weighted by Crippen LogP contribution is 2.26. The molecule has 7 heteroatoms. The Bertz CT molecular complexity index is 744. The van der Waals surface area contributed by atoms with Gasteiger partial charge in [-0.2, -0.15) is 0 Å². The minimum Gasteiger partial charge on any atom is -0.505 e. The van der Waals surface area contributed by atoms with Gasteiger partial charge in [-0.25, -0.2) is 4.68 Å². The molecule has 0 aliphatic carbocycles. The molecule has 0 saturated carbocycles. The zero-order valence-electron chi connectivity index (χ0n) is 13.6. The maximum atomic E-state index is 12.2. The lowest BCUT2D eigenvalue weighted by Gasteiger charge is -2.15. The van der Waals surface area contributed by atoms with Crippen LogP contribution >= 0.6 is 0 Å². The number of benzene rings is 1. The molecule has 0 radical (unpaired) electrons. The zero-order valence-corrected chi connectivity index (χ0v) is 13.6. The van der Waals surface area contributed by atoms with Gasteiger partial charge in [-0.05, 0) is 18.6 Å². The number of rotatable bonds is 4. The molecule has 0 aliphatic heterocycles. The Hall–Kier alpha value is -2.70. The van der Waals surface area contributed by atoms with Gasteiger partial charge in [-0.1, -0.05) is 38.1 Å². The van der Waals surface area contributed by atoms with Crippen LogP contribution in [0.25, 0.3) is 0 Å². The van der Waals surface area contributed by atoms with Crippen molar-refractivity contribution in [1.29, 1.82) is 0 Å². The van der Waals surface area contributed by atoms with E-state index in [0.717, 1.165) is 0 Å². The van der Waals surface area contributed by atoms with Crippen molar-refractivity contribution < 1.29 is 14.7 Å². The number of hydrogen-bond donors (Lipinski definition) is 2. The first-order valence-corrected chi connectivity index (χ1v) is 7.22.